The number of aromatic nitrogens is 4. The second-order valence-electron chi connectivity index (χ2n) is 4.69. The summed E-state index contributed by atoms with van der Waals surface area (Å²) < 4.78 is 5.31. The fraction of sp³-hybridized carbons (Fsp3) is 0.0714. The summed E-state index contributed by atoms with van der Waals surface area (Å²) in [5.41, 5.74) is 6.83. The van der Waals surface area contributed by atoms with Gasteiger partial charge in [-0.15, -0.1) is 0 Å². The maximum atomic E-state index is 12.2. The smallest absolute Gasteiger partial charge is 0.277 e. The molecule has 0 atom stereocenters. The van der Waals surface area contributed by atoms with Gasteiger partial charge in [0, 0.05) is 23.7 Å². The topological polar surface area (TPSA) is 140 Å². The van der Waals surface area contributed by atoms with Crippen LogP contribution in [0.5, 0.6) is 0 Å². The van der Waals surface area contributed by atoms with Gasteiger partial charge >= 0.3 is 0 Å². The van der Waals surface area contributed by atoms with E-state index in [-0.39, 0.29) is 17.1 Å². The van der Waals surface area contributed by atoms with E-state index in [1.807, 2.05) is 6.92 Å². The molecule has 3 rings (SSSR count). The Kier molecular flexibility index (Phi) is 3.59. The van der Waals surface area contributed by atoms with Crippen molar-refractivity contribution in [2.45, 2.75) is 6.92 Å². The van der Waals surface area contributed by atoms with Gasteiger partial charge in [-0.25, -0.2) is 4.98 Å². The van der Waals surface area contributed by atoms with Gasteiger partial charge in [0.15, 0.2) is 11.4 Å². The van der Waals surface area contributed by atoms with Crippen LogP contribution in [-0.2, 0) is 0 Å². The van der Waals surface area contributed by atoms with Gasteiger partial charge in [0.2, 0.25) is 5.89 Å². The predicted octanol–water partition coefficient (Wildman–Crippen LogP) is 1.12. The number of pyridine rings is 1. The summed E-state index contributed by atoms with van der Waals surface area (Å²) in [5, 5.41) is 8.61. The molecule has 4 N–H and O–H groups in total. The first-order chi connectivity index (χ1) is 11.0. The van der Waals surface area contributed by atoms with Crippen LogP contribution in [0.4, 0.5) is 5.69 Å². The lowest BCUT2D eigenvalue weighted by molar-refractivity contribution is 0.0996. The Morgan fingerprint density at radius 2 is 2.22 bits per heavy atom. The van der Waals surface area contributed by atoms with Crippen LogP contribution in [0.1, 0.15) is 26.7 Å². The molecule has 23 heavy (non-hydrogen) atoms. The number of carbonyl (C=O) groups excluding carboxylic acids is 2. The molecule has 0 spiro atoms. The number of H-pyrrole nitrogens is 1. The molecular weight excluding hydrogens is 300 g/mol. The number of nitrogens with one attached hydrogen (secondary N) is 2. The van der Waals surface area contributed by atoms with Gasteiger partial charge in [-0.05, 0) is 19.1 Å². The van der Waals surface area contributed by atoms with Crippen LogP contribution < -0.4 is 11.1 Å². The standard InChI is InChI=1S/C14H12N6O3/c1-7-4-8(2-3-16-7)14-19-10(6-23-14)13(22)18-9-5-17-20-11(9)12(15)21/h2-6H,1H3,(H2,15,21)(H,17,20)(H,18,22). The second-order valence-corrected chi connectivity index (χ2v) is 4.69. The average Bonchev–Trinajstić information content (AvgIpc) is 3.16. The Balaban J connectivity index is 1.81. The molecule has 0 saturated heterocycles. The fourth-order valence-electron chi connectivity index (χ4n) is 1.95. The zero-order valence-electron chi connectivity index (χ0n) is 12.0. The number of rotatable bonds is 4. The molecule has 3 aromatic heterocycles. The first-order valence-corrected chi connectivity index (χ1v) is 6.58. The highest BCUT2D eigenvalue weighted by Gasteiger charge is 2.18. The molecule has 3 aromatic rings. The van der Waals surface area contributed by atoms with Crippen LogP contribution in [0.25, 0.3) is 11.5 Å². The number of nitrogens with two attached hydrogens (primary N) is 1. The maximum Gasteiger partial charge on any atom is 0.277 e. The van der Waals surface area contributed by atoms with E-state index in [4.69, 9.17) is 10.2 Å². The monoisotopic (exact) mass is 312 g/mol. The summed E-state index contributed by atoms with van der Waals surface area (Å²) in [6.07, 6.45) is 4.20. The summed E-state index contributed by atoms with van der Waals surface area (Å²) in [6.45, 7) is 1.84. The number of amides is 2. The highest BCUT2D eigenvalue weighted by molar-refractivity contribution is 6.07. The van der Waals surface area contributed by atoms with E-state index in [0.717, 1.165) is 5.69 Å². The Labute approximate surface area is 129 Å². The highest BCUT2D eigenvalue weighted by atomic mass is 16.3. The molecule has 0 fully saturated rings. The van der Waals surface area contributed by atoms with Crippen molar-refractivity contribution < 1.29 is 14.0 Å². The quantitative estimate of drug-likeness (QED) is 0.659. The van der Waals surface area contributed by atoms with Crippen molar-refractivity contribution in [2.24, 2.45) is 5.73 Å². The van der Waals surface area contributed by atoms with Crippen LogP contribution in [0, 0.1) is 6.92 Å². The molecule has 0 saturated carbocycles. The molecule has 0 aliphatic carbocycles. The van der Waals surface area contributed by atoms with Crippen molar-refractivity contribution in [3.8, 4) is 11.5 Å². The molecule has 9 heteroatoms. The summed E-state index contributed by atoms with van der Waals surface area (Å²) >= 11 is 0. The minimum atomic E-state index is -0.755. The number of hydrogen-bond donors (Lipinski definition) is 3. The van der Waals surface area contributed by atoms with E-state index >= 15 is 0 Å². The molecule has 0 aromatic carbocycles. The third kappa shape index (κ3) is 2.93. The Bertz CT molecular complexity index is 882. The van der Waals surface area contributed by atoms with Crippen molar-refractivity contribution in [1.82, 2.24) is 20.2 Å². The normalized spacial score (nSPS) is 10.5. The van der Waals surface area contributed by atoms with E-state index < -0.39 is 11.8 Å². The minimum Gasteiger partial charge on any atom is -0.444 e. The van der Waals surface area contributed by atoms with Gasteiger partial charge in [-0.2, -0.15) is 5.10 Å². The van der Waals surface area contributed by atoms with Gasteiger partial charge < -0.3 is 15.5 Å². The van der Waals surface area contributed by atoms with E-state index in [2.05, 4.69) is 25.5 Å². The number of oxazole rings is 1. The summed E-state index contributed by atoms with van der Waals surface area (Å²) in [6, 6.07) is 3.51. The molecule has 0 bridgehead atoms. The van der Waals surface area contributed by atoms with Crippen LogP contribution >= 0.6 is 0 Å². The lowest BCUT2D eigenvalue weighted by atomic mass is 10.2. The molecule has 0 radical (unpaired) electrons. The Morgan fingerprint density at radius 1 is 1.39 bits per heavy atom. The van der Waals surface area contributed by atoms with Crippen molar-refractivity contribution in [3.63, 3.8) is 0 Å². The number of hydrogen-bond acceptors (Lipinski definition) is 6. The van der Waals surface area contributed by atoms with Crippen LogP contribution in [-0.4, -0.2) is 32.0 Å². The molecule has 0 unspecified atom stereocenters. The Morgan fingerprint density at radius 3 is 2.96 bits per heavy atom. The summed E-state index contributed by atoms with van der Waals surface area (Å²) in [7, 11) is 0. The number of aromatic amines is 1. The molecule has 2 amide bonds. The number of nitrogens with zero attached hydrogens (tertiary/aromatic N) is 3. The zero-order chi connectivity index (χ0) is 16.4. The van der Waals surface area contributed by atoms with Gasteiger partial charge in [-0.1, -0.05) is 0 Å². The van der Waals surface area contributed by atoms with Gasteiger partial charge in [0.05, 0.1) is 5.69 Å². The van der Waals surface area contributed by atoms with Gasteiger partial charge in [0.1, 0.15) is 6.26 Å². The molecule has 116 valence electrons. The highest BCUT2D eigenvalue weighted by Crippen LogP contribution is 2.19. The summed E-state index contributed by atoms with van der Waals surface area (Å²) in [4.78, 5) is 31.5. The minimum absolute atomic E-state index is 0.0612. The van der Waals surface area contributed by atoms with E-state index in [1.54, 1.807) is 18.3 Å². The predicted molar refractivity (Wildman–Crippen MR) is 79.5 cm³/mol. The molecule has 0 aliphatic heterocycles. The second kappa shape index (κ2) is 5.72. The maximum absolute atomic E-state index is 12.2. The van der Waals surface area contributed by atoms with Gasteiger partial charge in [-0.3, -0.25) is 19.7 Å². The number of carbonyl (C=O) groups is 2. The fourth-order valence-corrected chi connectivity index (χ4v) is 1.95. The van der Waals surface area contributed by atoms with Crippen LogP contribution in [0.2, 0.25) is 0 Å². The third-order valence-corrected chi connectivity index (χ3v) is 3.00. The first-order valence-electron chi connectivity index (χ1n) is 6.58. The van der Waals surface area contributed by atoms with Crippen LogP contribution in [0.3, 0.4) is 0 Å². The van der Waals surface area contributed by atoms with Crippen LogP contribution in [0.15, 0.2) is 35.2 Å². The molecule has 9 nitrogen and oxygen atoms in total. The lowest BCUT2D eigenvalue weighted by Crippen LogP contribution is -2.18. The largest absolute Gasteiger partial charge is 0.444 e. The SMILES string of the molecule is Cc1cc(-c2nc(C(=O)Nc3c[nH]nc3C(N)=O)co2)ccn1. The average molecular weight is 312 g/mol. The number of aryl methyl sites for hydroxylation is 1. The van der Waals surface area contributed by atoms with Crippen molar-refractivity contribution in [2.75, 3.05) is 5.32 Å². The zero-order valence-corrected chi connectivity index (χ0v) is 12.0. The molecule has 3 heterocycles. The first kappa shape index (κ1) is 14.4. The number of anilines is 1. The molecule has 0 aliphatic rings. The van der Waals surface area contributed by atoms with Gasteiger partial charge in [0.25, 0.3) is 11.8 Å². The molecular formula is C14H12N6O3. The van der Waals surface area contributed by atoms with Crippen molar-refractivity contribution in [1.29, 1.82) is 0 Å². The summed E-state index contributed by atoms with van der Waals surface area (Å²) in [5.74, 6) is -1.01. The lowest BCUT2D eigenvalue weighted by Gasteiger charge is -2.00. The number of primary amides is 1. The van der Waals surface area contributed by atoms with E-state index in [0.29, 0.717) is 11.5 Å². The van der Waals surface area contributed by atoms with E-state index in [1.165, 1.54) is 12.5 Å². The third-order valence-electron chi connectivity index (χ3n) is 3.00. The van der Waals surface area contributed by atoms with Crippen molar-refractivity contribution >= 4 is 17.5 Å². The van der Waals surface area contributed by atoms with Crippen molar-refractivity contribution in [3.05, 3.63) is 47.9 Å². The Hall–Kier alpha value is -3.49. The van der Waals surface area contributed by atoms with E-state index in [9.17, 15) is 9.59 Å².